The van der Waals surface area contributed by atoms with E-state index in [1.54, 1.807) is 31.2 Å². The minimum atomic E-state index is -3.75. The van der Waals surface area contributed by atoms with Gasteiger partial charge >= 0.3 is 0 Å². The maximum atomic E-state index is 12.7. The largest absolute Gasteiger partial charge is 0.326 e. The van der Waals surface area contributed by atoms with E-state index >= 15 is 0 Å². The second kappa shape index (κ2) is 6.72. The van der Waals surface area contributed by atoms with Gasteiger partial charge in [0.15, 0.2) is 0 Å². The average molecular weight is 397 g/mol. The van der Waals surface area contributed by atoms with E-state index in [0.29, 0.717) is 16.9 Å². The third-order valence-electron chi connectivity index (χ3n) is 3.23. The molecule has 0 radical (unpaired) electrons. The van der Waals surface area contributed by atoms with Gasteiger partial charge in [0.1, 0.15) is 0 Å². The second-order valence-corrected chi connectivity index (χ2v) is 7.79. The van der Waals surface area contributed by atoms with Crippen molar-refractivity contribution >= 4 is 43.2 Å². The summed E-state index contributed by atoms with van der Waals surface area (Å²) in [5.74, 6) is -0.256. The van der Waals surface area contributed by atoms with Crippen LogP contribution in [0.3, 0.4) is 0 Å². The lowest BCUT2D eigenvalue weighted by atomic mass is 10.2. The van der Waals surface area contributed by atoms with Crippen molar-refractivity contribution in [2.24, 2.45) is 0 Å². The van der Waals surface area contributed by atoms with Crippen LogP contribution in [0.4, 0.5) is 11.4 Å². The molecule has 0 aromatic heterocycles. The minimum Gasteiger partial charge on any atom is -0.326 e. The Balaban J connectivity index is 2.40. The summed E-state index contributed by atoms with van der Waals surface area (Å²) in [7, 11) is -3.75. The fourth-order valence-electron chi connectivity index (χ4n) is 2.11. The third-order valence-corrected chi connectivity index (χ3v) is 5.23. The molecule has 2 N–H and O–H groups in total. The van der Waals surface area contributed by atoms with Crippen LogP contribution in [0.1, 0.15) is 18.1 Å². The molecular weight excluding hydrogens is 380 g/mol. The molecule has 0 aliphatic rings. The monoisotopic (exact) mass is 396 g/mol. The molecule has 1 amide bonds. The van der Waals surface area contributed by atoms with Gasteiger partial charge in [-0.05, 0) is 55.3 Å². The molecule has 2 aromatic carbocycles. The van der Waals surface area contributed by atoms with Crippen LogP contribution in [0.25, 0.3) is 0 Å². The number of amides is 1. The summed E-state index contributed by atoms with van der Waals surface area (Å²) < 4.78 is 28.8. The number of carbonyl (C=O) groups excluding carboxylic acids is 1. The first kappa shape index (κ1) is 17.5. The van der Waals surface area contributed by atoms with Crippen LogP contribution >= 0.6 is 15.9 Å². The quantitative estimate of drug-likeness (QED) is 0.824. The Morgan fingerprint density at radius 2 is 1.74 bits per heavy atom. The first-order valence-electron chi connectivity index (χ1n) is 6.86. The molecule has 0 spiro atoms. The summed E-state index contributed by atoms with van der Waals surface area (Å²) in [6, 6.07) is 10.1. The summed E-state index contributed by atoms with van der Waals surface area (Å²) in [6.45, 7) is 4.90. The Morgan fingerprint density at radius 3 is 2.35 bits per heavy atom. The van der Waals surface area contributed by atoms with E-state index in [2.05, 4.69) is 26.0 Å². The number of nitrogens with one attached hydrogen (secondary N) is 2. The fraction of sp³-hybridized carbons (Fsp3) is 0.188. The van der Waals surface area contributed by atoms with E-state index in [1.807, 2.05) is 13.0 Å². The Morgan fingerprint density at radius 1 is 1.04 bits per heavy atom. The molecule has 122 valence electrons. The number of aryl methyl sites for hydroxylation is 2. The zero-order valence-corrected chi connectivity index (χ0v) is 15.4. The Bertz CT molecular complexity index is 864. The fourth-order valence-corrected chi connectivity index (χ4v) is 3.99. The molecule has 0 saturated heterocycles. The van der Waals surface area contributed by atoms with Crippen molar-refractivity contribution < 1.29 is 13.2 Å². The molecule has 0 saturated carbocycles. The molecule has 0 heterocycles. The van der Waals surface area contributed by atoms with Crippen LogP contribution < -0.4 is 10.0 Å². The number of halogens is 1. The van der Waals surface area contributed by atoms with Crippen LogP contribution in [-0.4, -0.2) is 14.3 Å². The number of carbonyl (C=O) groups is 1. The van der Waals surface area contributed by atoms with Gasteiger partial charge in [0, 0.05) is 17.1 Å². The molecule has 5 nitrogen and oxygen atoms in total. The van der Waals surface area contributed by atoms with Crippen LogP contribution in [0.5, 0.6) is 0 Å². The highest BCUT2D eigenvalue weighted by Crippen LogP contribution is 2.26. The van der Waals surface area contributed by atoms with Crippen LogP contribution in [0.15, 0.2) is 45.8 Å². The Hall–Kier alpha value is -1.86. The molecule has 2 rings (SSSR count). The van der Waals surface area contributed by atoms with Crippen molar-refractivity contribution in [2.45, 2.75) is 25.7 Å². The zero-order valence-electron chi connectivity index (χ0n) is 13.0. The van der Waals surface area contributed by atoms with E-state index < -0.39 is 10.0 Å². The predicted molar refractivity (Wildman–Crippen MR) is 95.2 cm³/mol. The SMILES string of the molecule is CC(=O)Nc1ccc(C)c(S(=O)(=O)Nc2ccc(Br)cc2C)c1. The van der Waals surface area contributed by atoms with Crippen LogP contribution in [0.2, 0.25) is 0 Å². The van der Waals surface area contributed by atoms with Gasteiger partial charge in [0.2, 0.25) is 5.91 Å². The Labute approximate surface area is 144 Å². The standard InChI is InChI=1S/C16H17BrN2O3S/c1-10-4-6-14(18-12(3)20)9-16(10)23(21,22)19-15-7-5-13(17)8-11(15)2/h4-9,19H,1-3H3,(H,18,20). The molecule has 0 unspecified atom stereocenters. The smallest absolute Gasteiger partial charge is 0.262 e. The normalized spacial score (nSPS) is 11.1. The number of hydrogen-bond donors (Lipinski definition) is 2. The lowest BCUT2D eigenvalue weighted by Gasteiger charge is -2.14. The third kappa shape index (κ3) is 4.33. The minimum absolute atomic E-state index is 0.131. The first-order chi connectivity index (χ1) is 10.7. The van der Waals surface area contributed by atoms with Crippen molar-refractivity contribution in [3.05, 3.63) is 52.0 Å². The van der Waals surface area contributed by atoms with Gasteiger partial charge in [-0.3, -0.25) is 9.52 Å². The van der Waals surface area contributed by atoms with Crippen LogP contribution in [-0.2, 0) is 14.8 Å². The van der Waals surface area contributed by atoms with E-state index in [-0.39, 0.29) is 10.8 Å². The summed E-state index contributed by atoms with van der Waals surface area (Å²) in [6.07, 6.45) is 0. The zero-order chi connectivity index (χ0) is 17.2. The van der Waals surface area contributed by atoms with E-state index in [1.165, 1.54) is 13.0 Å². The molecule has 7 heteroatoms. The second-order valence-electron chi connectivity index (χ2n) is 5.23. The van der Waals surface area contributed by atoms with Crippen molar-refractivity contribution in [3.8, 4) is 0 Å². The summed E-state index contributed by atoms with van der Waals surface area (Å²) in [4.78, 5) is 11.3. The topological polar surface area (TPSA) is 75.3 Å². The Kier molecular flexibility index (Phi) is 5.11. The molecular formula is C16H17BrN2O3S. The average Bonchev–Trinajstić information content (AvgIpc) is 2.43. The predicted octanol–water partition coefficient (Wildman–Crippen LogP) is 3.83. The van der Waals surface area contributed by atoms with Gasteiger partial charge in [-0.25, -0.2) is 8.42 Å². The maximum Gasteiger partial charge on any atom is 0.262 e. The number of sulfonamides is 1. The van der Waals surface area contributed by atoms with Gasteiger partial charge in [0.25, 0.3) is 10.0 Å². The molecule has 0 fully saturated rings. The maximum absolute atomic E-state index is 12.7. The number of rotatable bonds is 4. The van der Waals surface area contributed by atoms with Gasteiger partial charge in [-0.1, -0.05) is 22.0 Å². The molecule has 0 bridgehead atoms. The van der Waals surface area contributed by atoms with E-state index in [0.717, 1.165) is 10.0 Å². The highest BCUT2D eigenvalue weighted by molar-refractivity contribution is 9.10. The van der Waals surface area contributed by atoms with Gasteiger partial charge in [0.05, 0.1) is 10.6 Å². The van der Waals surface area contributed by atoms with Gasteiger partial charge in [-0.2, -0.15) is 0 Å². The number of hydrogen-bond acceptors (Lipinski definition) is 3. The summed E-state index contributed by atoms with van der Waals surface area (Å²) >= 11 is 3.35. The van der Waals surface area contributed by atoms with Crippen molar-refractivity contribution in [3.63, 3.8) is 0 Å². The summed E-state index contributed by atoms with van der Waals surface area (Å²) in [5, 5.41) is 2.59. The van der Waals surface area contributed by atoms with Crippen molar-refractivity contribution in [1.29, 1.82) is 0 Å². The van der Waals surface area contributed by atoms with Crippen LogP contribution in [0, 0.1) is 13.8 Å². The van der Waals surface area contributed by atoms with Gasteiger partial charge in [-0.15, -0.1) is 0 Å². The van der Waals surface area contributed by atoms with E-state index in [9.17, 15) is 13.2 Å². The summed E-state index contributed by atoms with van der Waals surface area (Å²) in [5.41, 5.74) is 2.36. The molecule has 2 aromatic rings. The highest BCUT2D eigenvalue weighted by atomic mass is 79.9. The molecule has 0 aliphatic carbocycles. The number of anilines is 2. The van der Waals surface area contributed by atoms with Gasteiger partial charge < -0.3 is 5.32 Å². The first-order valence-corrected chi connectivity index (χ1v) is 9.14. The van der Waals surface area contributed by atoms with Crippen molar-refractivity contribution in [1.82, 2.24) is 0 Å². The lowest BCUT2D eigenvalue weighted by molar-refractivity contribution is -0.114. The molecule has 0 aliphatic heterocycles. The lowest BCUT2D eigenvalue weighted by Crippen LogP contribution is -2.16. The molecule has 0 atom stereocenters. The van der Waals surface area contributed by atoms with E-state index in [4.69, 9.17) is 0 Å². The number of benzene rings is 2. The highest BCUT2D eigenvalue weighted by Gasteiger charge is 2.18. The molecule has 23 heavy (non-hydrogen) atoms. The van der Waals surface area contributed by atoms with Crippen molar-refractivity contribution in [2.75, 3.05) is 10.0 Å².